The van der Waals surface area contributed by atoms with Crippen LogP contribution in [-0.2, 0) is 22.6 Å². The van der Waals surface area contributed by atoms with Crippen molar-refractivity contribution >= 4 is 28.0 Å². The molecule has 1 amide bonds. The zero-order chi connectivity index (χ0) is 15.9. The summed E-state index contributed by atoms with van der Waals surface area (Å²) in [4.78, 5) is 22.9. The summed E-state index contributed by atoms with van der Waals surface area (Å²) in [5.41, 5.74) is 0.819. The minimum Gasteiger partial charge on any atom is -0.480 e. The Morgan fingerprint density at radius 1 is 1.23 bits per heavy atom. The number of aliphatic carboxylic acids is 1. The summed E-state index contributed by atoms with van der Waals surface area (Å²) in [7, 11) is 0. The summed E-state index contributed by atoms with van der Waals surface area (Å²) in [5, 5.41) is 11.5. The van der Waals surface area contributed by atoms with Gasteiger partial charge in [-0.05, 0) is 33.6 Å². The molecule has 0 fully saturated rings. The average Bonchev–Trinajstić information content (AvgIpc) is 2.91. The van der Waals surface area contributed by atoms with Crippen molar-refractivity contribution in [2.75, 3.05) is 0 Å². The molecule has 2 aromatic rings. The summed E-state index contributed by atoms with van der Waals surface area (Å²) < 4.78 is 10.7. The Bertz CT molecular complexity index is 640. The largest absolute Gasteiger partial charge is 0.480 e. The first-order valence-electron chi connectivity index (χ1n) is 6.49. The molecule has 0 aliphatic heterocycles. The first-order valence-corrected chi connectivity index (χ1v) is 7.28. The molecule has 6 nitrogen and oxygen atoms in total. The number of carboxylic acids is 1. The predicted octanol–water partition coefficient (Wildman–Crippen LogP) is 2.96. The number of halogens is 1. The zero-order valence-corrected chi connectivity index (χ0v) is 13.1. The van der Waals surface area contributed by atoms with E-state index in [1.54, 1.807) is 12.1 Å². The second kappa shape index (κ2) is 7.65. The Morgan fingerprint density at radius 3 is 2.55 bits per heavy atom. The standard InChI is InChI=1S/C15H14BrNO5/c16-13-7-6-11(22-13)8-12(14(18)19)17-15(20)21-9-10-4-2-1-3-5-10/h1-7,12H,8-9H2,(H,17,20)(H,18,19). The third-order valence-electron chi connectivity index (χ3n) is 2.84. The van der Waals surface area contributed by atoms with Gasteiger partial charge in [-0.1, -0.05) is 30.3 Å². The Kier molecular flexibility index (Phi) is 5.60. The van der Waals surface area contributed by atoms with Gasteiger partial charge in [0.05, 0.1) is 0 Å². The molecule has 0 spiro atoms. The number of rotatable bonds is 6. The molecule has 0 radical (unpaired) electrons. The van der Waals surface area contributed by atoms with Gasteiger partial charge < -0.3 is 19.6 Å². The van der Waals surface area contributed by atoms with E-state index in [1.165, 1.54) is 0 Å². The molecular weight excluding hydrogens is 354 g/mol. The summed E-state index contributed by atoms with van der Waals surface area (Å²) in [6, 6.07) is 11.3. The topological polar surface area (TPSA) is 88.8 Å². The fourth-order valence-corrected chi connectivity index (χ4v) is 2.11. The minimum absolute atomic E-state index is 0.0291. The quantitative estimate of drug-likeness (QED) is 0.819. The van der Waals surface area contributed by atoms with Gasteiger partial charge in [-0.3, -0.25) is 0 Å². The molecule has 0 aliphatic carbocycles. The van der Waals surface area contributed by atoms with Crippen LogP contribution in [0.4, 0.5) is 4.79 Å². The van der Waals surface area contributed by atoms with Crippen molar-refractivity contribution in [1.29, 1.82) is 0 Å². The minimum atomic E-state index is -1.16. The Balaban J connectivity index is 1.87. The number of carbonyl (C=O) groups is 2. The summed E-state index contributed by atoms with van der Waals surface area (Å²) in [5.74, 6) is -0.716. The fraction of sp³-hybridized carbons (Fsp3) is 0.200. The molecule has 1 aromatic heterocycles. The summed E-state index contributed by atoms with van der Waals surface area (Å²) in [6.45, 7) is 0.0747. The van der Waals surface area contributed by atoms with Crippen molar-refractivity contribution in [3.63, 3.8) is 0 Å². The van der Waals surface area contributed by atoms with E-state index in [2.05, 4.69) is 21.2 Å². The number of ether oxygens (including phenoxy) is 1. The van der Waals surface area contributed by atoms with Crippen molar-refractivity contribution in [3.8, 4) is 0 Å². The van der Waals surface area contributed by atoms with Gasteiger partial charge in [0.2, 0.25) is 0 Å². The molecule has 1 aromatic carbocycles. The molecule has 2 rings (SSSR count). The lowest BCUT2D eigenvalue weighted by molar-refractivity contribution is -0.139. The third-order valence-corrected chi connectivity index (χ3v) is 3.26. The van der Waals surface area contributed by atoms with E-state index in [4.69, 9.17) is 14.3 Å². The van der Waals surface area contributed by atoms with Gasteiger partial charge in [-0.15, -0.1) is 0 Å². The van der Waals surface area contributed by atoms with E-state index in [0.29, 0.717) is 10.4 Å². The molecule has 1 atom stereocenters. The van der Waals surface area contributed by atoms with Gasteiger partial charge in [0.1, 0.15) is 18.4 Å². The summed E-state index contributed by atoms with van der Waals surface area (Å²) >= 11 is 3.13. The van der Waals surface area contributed by atoms with Crippen molar-refractivity contribution in [1.82, 2.24) is 5.32 Å². The number of amides is 1. The lowest BCUT2D eigenvalue weighted by atomic mass is 10.2. The van der Waals surface area contributed by atoms with Gasteiger partial charge in [-0.25, -0.2) is 9.59 Å². The van der Waals surface area contributed by atoms with E-state index in [-0.39, 0.29) is 13.0 Å². The van der Waals surface area contributed by atoms with Crippen LogP contribution in [0.2, 0.25) is 0 Å². The van der Waals surface area contributed by atoms with Gasteiger partial charge >= 0.3 is 12.1 Å². The van der Waals surface area contributed by atoms with Gasteiger partial charge in [0.25, 0.3) is 0 Å². The summed E-state index contributed by atoms with van der Waals surface area (Å²) in [6.07, 6.45) is -0.761. The highest BCUT2D eigenvalue weighted by Crippen LogP contribution is 2.15. The molecule has 2 N–H and O–H groups in total. The number of hydrogen-bond donors (Lipinski definition) is 2. The number of furan rings is 1. The zero-order valence-electron chi connectivity index (χ0n) is 11.5. The van der Waals surface area contributed by atoms with Crippen LogP contribution in [0.1, 0.15) is 11.3 Å². The van der Waals surface area contributed by atoms with Crippen LogP contribution < -0.4 is 5.32 Å². The SMILES string of the molecule is O=C(NC(Cc1ccc(Br)o1)C(=O)O)OCc1ccccc1. The van der Waals surface area contributed by atoms with Crippen LogP contribution in [0, 0.1) is 0 Å². The van der Waals surface area contributed by atoms with Crippen LogP contribution in [0.3, 0.4) is 0 Å². The Morgan fingerprint density at radius 2 is 1.95 bits per heavy atom. The van der Waals surface area contributed by atoms with E-state index in [9.17, 15) is 9.59 Å². The third kappa shape index (κ3) is 4.92. The molecule has 0 aliphatic rings. The van der Waals surface area contributed by atoms with Crippen LogP contribution >= 0.6 is 15.9 Å². The molecule has 1 unspecified atom stereocenters. The van der Waals surface area contributed by atoms with Crippen LogP contribution in [0.5, 0.6) is 0 Å². The fourth-order valence-electron chi connectivity index (χ4n) is 1.77. The Labute approximate surface area is 135 Å². The van der Waals surface area contributed by atoms with Crippen molar-refractivity contribution in [3.05, 3.63) is 58.5 Å². The van der Waals surface area contributed by atoms with Crippen molar-refractivity contribution in [2.45, 2.75) is 19.1 Å². The maximum atomic E-state index is 11.7. The normalized spacial score (nSPS) is 11.7. The molecule has 1 heterocycles. The van der Waals surface area contributed by atoms with Crippen LogP contribution in [-0.4, -0.2) is 23.2 Å². The lowest BCUT2D eigenvalue weighted by Crippen LogP contribution is -2.42. The number of carbonyl (C=O) groups excluding carboxylic acids is 1. The predicted molar refractivity (Wildman–Crippen MR) is 81.3 cm³/mol. The highest BCUT2D eigenvalue weighted by atomic mass is 79.9. The molecular formula is C15H14BrNO5. The highest BCUT2D eigenvalue weighted by Gasteiger charge is 2.22. The van der Waals surface area contributed by atoms with E-state index in [1.807, 2.05) is 30.3 Å². The van der Waals surface area contributed by atoms with E-state index < -0.39 is 18.1 Å². The lowest BCUT2D eigenvalue weighted by Gasteiger charge is -2.13. The molecule has 22 heavy (non-hydrogen) atoms. The smallest absolute Gasteiger partial charge is 0.408 e. The molecule has 0 saturated carbocycles. The van der Waals surface area contributed by atoms with Crippen LogP contribution in [0.15, 0.2) is 51.6 Å². The van der Waals surface area contributed by atoms with Gasteiger partial charge in [0, 0.05) is 6.42 Å². The number of hydrogen-bond acceptors (Lipinski definition) is 4. The number of nitrogens with one attached hydrogen (secondary N) is 1. The number of benzene rings is 1. The van der Waals surface area contributed by atoms with E-state index in [0.717, 1.165) is 5.56 Å². The first-order chi connectivity index (χ1) is 10.5. The first kappa shape index (κ1) is 16.1. The van der Waals surface area contributed by atoms with Crippen molar-refractivity contribution < 1.29 is 23.8 Å². The monoisotopic (exact) mass is 367 g/mol. The molecule has 0 saturated heterocycles. The second-order valence-electron chi connectivity index (χ2n) is 4.51. The maximum Gasteiger partial charge on any atom is 0.408 e. The van der Waals surface area contributed by atoms with Crippen molar-refractivity contribution in [2.24, 2.45) is 0 Å². The average molecular weight is 368 g/mol. The molecule has 0 bridgehead atoms. The Hall–Kier alpha value is -2.28. The number of alkyl carbamates (subject to hydrolysis) is 1. The highest BCUT2D eigenvalue weighted by molar-refractivity contribution is 9.10. The van der Waals surface area contributed by atoms with E-state index >= 15 is 0 Å². The molecule has 116 valence electrons. The molecule has 7 heteroatoms. The van der Waals surface area contributed by atoms with Gasteiger partial charge in [-0.2, -0.15) is 0 Å². The maximum absolute atomic E-state index is 11.7. The second-order valence-corrected chi connectivity index (χ2v) is 5.29. The number of carboxylic acid groups (broad SMARTS) is 1. The van der Waals surface area contributed by atoms with Crippen LogP contribution in [0.25, 0.3) is 0 Å². The van der Waals surface area contributed by atoms with Gasteiger partial charge in [0.15, 0.2) is 4.67 Å².